The Bertz CT molecular complexity index is 430. The third kappa shape index (κ3) is 1.48. The summed E-state index contributed by atoms with van der Waals surface area (Å²) in [5, 5.41) is 10.3. The minimum atomic E-state index is 0.322. The molecule has 2 heterocycles. The molecular formula is C8H11N5S. The van der Waals surface area contributed by atoms with Crippen LogP contribution in [0.3, 0.4) is 0 Å². The maximum atomic E-state index is 5.56. The van der Waals surface area contributed by atoms with Gasteiger partial charge >= 0.3 is 0 Å². The van der Waals surface area contributed by atoms with Gasteiger partial charge in [0.2, 0.25) is 0 Å². The van der Waals surface area contributed by atoms with Crippen molar-refractivity contribution >= 4 is 16.5 Å². The molecule has 2 aromatic heterocycles. The Morgan fingerprint density at radius 1 is 1.50 bits per heavy atom. The van der Waals surface area contributed by atoms with Crippen molar-refractivity contribution in [2.24, 2.45) is 0 Å². The van der Waals surface area contributed by atoms with Crippen molar-refractivity contribution in [2.75, 3.05) is 5.73 Å². The van der Waals surface area contributed by atoms with Crippen LogP contribution in [0, 0.1) is 0 Å². The molecule has 0 atom stereocenters. The summed E-state index contributed by atoms with van der Waals surface area (Å²) in [7, 11) is 0. The Kier molecular flexibility index (Phi) is 2.20. The standard InChI is InChI=1S/C8H11N5S/c1-5(2)13-4-10-12-7(13)6-3-14-8(9)11-6/h3-5H,1-2H3,(H2,9,11). The molecule has 0 saturated carbocycles. The van der Waals surface area contributed by atoms with E-state index in [-0.39, 0.29) is 0 Å². The molecule has 5 nitrogen and oxygen atoms in total. The number of nitrogens with zero attached hydrogens (tertiary/aromatic N) is 4. The smallest absolute Gasteiger partial charge is 0.183 e. The lowest BCUT2D eigenvalue weighted by atomic mass is 10.3. The van der Waals surface area contributed by atoms with Crippen LogP contribution >= 0.6 is 11.3 Å². The van der Waals surface area contributed by atoms with Crippen molar-refractivity contribution in [3.8, 4) is 11.5 Å². The molecule has 14 heavy (non-hydrogen) atoms. The highest BCUT2D eigenvalue weighted by atomic mass is 32.1. The number of rotatable bonds is 2. The van der Waals surface area contributed by atoms with Gasteiger partial charge < -0.3 is 10.3 Å². The van der Waals surface area contributed by atoms with E-state index in [4.69, 9.17) is 5.73 Å². The van der Waals surface area contributed by atoms with Gasteiger partial charge in [0, 0.05) is 11.4 Å². The number of nitrogens with two attached hydrogens (primary N) is 1. The quantitative estimate of drug-likeness (QED) is 0.815. The Hall–Kier alpha value is -1.43. The van der Waals surface area contributed by atoms with E-state index in [2.05, 4.69) is 29.0 Å². The molecule has 0 aliphatic carbocycles. The second-order valence-electron chi connectivity index (χ2n) is 3.23. The molecule has 2 rings (SSSR count). The average Bonchev–Trinajstić information content (AvgIpc) is 2.70. The normalized spacial score (nSPS) is 11.1. The Balaban J connectivity index is 2.46. The molecule has 0 amide bonds. The second kappa shape index (κ2) is 3.38. The van der Waals surface area contributed by atoms with Gasteiger partial charge in [0.1, 0.15) is 12.0 Å². The van der Waals surface area contributed by atoms with Gasteiger partial charge in [0.05, 0.1) is 0 Å². The zero-order chi connectivity index (χ0) is 10.1. The van der Waals surface area contributed by atoms with Crippen LogP contribution in [0.2, 0.25) is 0 Å². The van der Waals surface area contributed by atoms with E-state index in [1.165, 1.54) is 11.3 Å². The fourth-order valence-corrected chi connectivity index (χ4v) is 1.74. The van der Waals surface area contributed by atoms with Crippen LogP contribution in [0.5, 0.6) is 0 Å². The molecule has 6 heteroatoms. The van der Waals surface area contributed by atoms with Gasteiger partial charge in [0.25, 0.3) is 0 Å². The van der Waals surface area contributed by atoms with E-state index < -0.39 is 0 Å². The summed E-state index contributed by atoms with van der Waals surface area (Å²) < 4.78 is 1.97. The first-order valence-electron chi connectivity index (χ1n) is 4.29. The zero-order valence-electron chi connectivity index (χ0n) is 8.01. The number of thiazole rings is 1. The highest BCUT2D eigenvalue weighted by Crippen LogP contribution is 2.22. The monoisotopic (exact) mass is 209 g/mol. The third-order valence-corrected chi connectivity index (χ3v) is 2.55. The molecule has 0 saturated heterocycles. The van der Waals surface area contributed by atoms with Crippen LogP contribution in [0.4, 0.5) is 5.13 Å². The van der Waals surface area contributed by atoms with Crippen molar-refractivity contribution in [2.45, 2.75) is 19.9 Å². The summed E-state index contributed by atoms with van der Waals surface area (Å²) in [5.74, 6) is 0.771. The van der Waals surface area contributed by atoms with Gasteiger partial charge in [-0.05, 0) is 13.8 Å². The van der Waals surface area contributed by atoms with Crippen LogP contribution in [-0.2, 0) is 0 Å². The highest BCUT2D eigenvalue weighted by Gasteiger charge is 2.12. The summed E-state index contributed by atoms with van der Waals surface area (Å²) in [5.41, 5.74) is 6.35. The molecule has 2 aromatic rings. The second-order valence-corrected chi connectivity index (χ2v) is 4.12. The summed E-state index contributed by atoms with van der Waals surface area (Å²) in [6.07, 6.45) is 1.70. The van der Waals surface area contributed by atoms with Crippen molar-refractivity contribution in [3.63, 3.8) is 0 Å². The molecule has 0 fully saturated rings. The van der Waals surface area contributed by atoms with Crippen molar-refractivity contribution < 1.29 is 0 Å². The summed E-state index contributed by atoms with van der Waals surface area (Å²) in [4.78, 5) is 4.17. The topological polar surface area (TPSA) is 69.6 Å². The summed E-state index contributed by atoms with van der Waals surface area (Å²) in [6.45, 7) is 4.14. The van der Waals surface area contributed by atoms with Crippen LogP contribution in [0.25, 0.3) is 11.5 Å². The number of anilines is 1. The van der Waals surface area contributed by atoms with E-state index in [1.54, 1.807) is 6.33 Å². The summed E-state index contributed by atoms with van der Waals surface area (Å²) in [6, 6.07) is 0.322. The molecule has 0 aliphatic rings. The van der Waals surface area contributed by atoms with Crippen molar-refractivity contribution in [1.29, 1.82) is 0 Å². The lowest BCUT2D eigenvalue weighted by molar-refractivity contribution is 0.603. The third-order valence-electron chi connectivity index (χ3n) is 1.88. The van der Waals surface area contributed by atoms with Crippen molar-refractivity contribution in [3.05, 3.63) is 11.7 Å². The lowest BCUT2D eigenvalue weighted by Gasteiger charge is -2.07. The largest absolute Gasteiger partial charge is 0.375 e. The first kappa shape index (κ1) is 9.14. The molecule has 2 N–H and O–H groups in total. The molecule has 0 radical (unpaired) electrons. The van der Waals surface area contributed by atoms with E-state index >= 15 is 0 Å². The molecule has 0 aliphatic heterocycles. The molecule has 0 unspecified atom stereocenters. The van der Waals surface area contributed by atoms with Crippen LogP contribution in [-0.4, -0.2) is 19.7 Å². The van der Waals surface area contributed by atoms with Gasteiger partial charge in [0.15, 0.2) is 11.0 Å². The predicted octanol–water partition coefficient (Wildman–Crippen LogP) is 1.56. The van der Waals surface area contributed by atoms with Crippen LogP contribution in [0.15, 0.2) is 11.7 Å². The predicted molar refractivity (Wildman–Crippen MR) is 55.9 cm³/mol. The van der Waals surface area contributed by atoms with Gasteiger partial charge in [-0.25, -0.2) is 4.98 Å². The minimum absolute atomic E-state index is 0.322. The minimum Gasteiger partial charge on any atom is -0.375 e. The fourth-order valence-electron chi connectivity index (χ4n) is 1.19. The molecule has 0 bridgehead atoms. The van der Waals surface area contributed by atoms with Gasteiger partial charge in [-0.1, -0.05) is 0 Å². The Labute approximate surface area is 85.6 Å². The molecular weight excluding hydrogens is 198 g/mol. The molecule has 0 aromatic carbocycles. The van der Waals surface area contributed by atoms with Crippen LogP contribution in [0.1, 0.15) is 19.9 Å². The van der Waals surface area contributed by atoms with Gasteiger partial charge in [-0.15, -0.1) is 21.5 Å². The zero-order valence-corrected chi connectivity index (χ0v) is 8.82. The number of aromatic nitrogens is 4. The van der Waals surface area contributed by atoms with E-state index in [0.29, 0.717) is 11.2 Å². The Morgan fingerprint density at radius 3 is 2.86 bits per heavy atom. The van der Waals surface area contributed by atoms with Crippen LogP contribution < -0.4 is 5.73 Å². The highest BCUT2D eigenvalue weighted by molar-refractivity contribution is 7.13. The summed E-state index contributed by atoms with van der Waals surface area (Å²) >= 11 is 1.41. The first-order chi connectivity index (χ1) is 6.68. The fraction of sp³-hybridized carbons (Fsp3) is 0.375. The van der Waals surface area contributed by atoms with Gasteiger partial charge in [-0.2, -0.15) is 0 Å². The number of hydrogen-bond donors (Lipinski definition) is 1. The average molecular weight is 209 g/mol. The first-order valence-corrected chi connectivity index (χ1v) is 5.17. The SMILES string of the molecule is CC(C)n1cnnc1-c1csc(N)n1. The van der Waals surface area contributed by atoms with E-state index in [0.717, 1.165) is 11.5 Å². The van der Waals surface area contributed by atoms with Gasteiger partial charge in [-0.3, -0.25) is 0 Å². The lowest BCUT2D eigenvalue weighted by Crippen LogP contribution is -2.01. The molecule has 74 valence electrons. The Morgan fingerprint density at radius 2 is 2.29 bits per heavy atom. The van der Waals surface area contributed by atoms with E-state index in [9.17, 15) is 0 Å². The molecule has 0 spiro atoms. The van der Waals surface area contributed by atoms with Crippen molar-refractivity contribution in [1.82, 2.24) is 19.7 Å². The maximum absolute atomic E-state index is 5.56. The van der Waals surface area contributed by atoms with E-state index in [1.807, 2.05) is 9.95 Å². The number of nitrogen functional groups attached to an aromatic ring is 1. The maximum Gasteiger partial charge on any atom is 0.183 e. The number of hydrogen-bond acceptors (Lipinski definition) is 5.